The monoisotopic (exact) mass is 454 g/mol. The second kappa shape index (κ2) is 14.8. The fourth-order valence-electron chi connectivity index (χ4n) is 5.20. The van der Waals surface area contributed by atoms with Gasteiger partial charge < -0.3 is 5.21 Å². The lowest BCUT2D eigenvalue weighted by atomic mass is 9.95. The van der Waals surface area contributed by atoms with Gasteiger partial charge in [0.1, 0.15) is 6.16 Å². The number of rotatable bonds is 18. The van der Waals surface area contributed by atoms with Crippen LogP contribution in [0.5, 0.6) is 0 Å². The molecule has 1 N–H and O–H groups in total. The van der Waals surface area contributed by atoms with Gasteiger partial charge in [0.2, 0.25) is 0 Å². The molecule has 0 aromatic carbocycles. The first-order valence-electron chi connectivity index (χ1n) is 13.3. The molecule has 0 amide bonds. The van der Waals surface area contributed by atoms with Crippen molar-refractivity contribution in [3.63, 3.8) is 0 Å². The molecular weight excluding hydrogens is 401 g/mol. The van der Waals surface area contributed by atoms with Crippen LogP contribution in [0.15, 0.2) is 12.2 Å². The van der Waals surface area contributed by atoms with Gasteiger partial charge in [0.25, 0.3) is 0 Å². The van der Waals surface area contributed by atoms with E-state index in [1.165, 1.54) is 101 Å². The fourth-order valence-corrected chi connectivity index (χ4v) is 7.48. The van der Waals surface area contributed by atoms with Crippen LogP contribution in [0.1, 0.15) is 137 Å². The topological polar surface area (TPSA) is 40.5 Å². The normalized spacial score (nSPS) is 21.0. The maximum atomic E-state index is 13.0. The Morgan fingerprint density at radius 2 is 1.13 bits per heavy atom. The zero-order valence-corrected chi connectivity index (χ0v) is 22.4. The largest absolute Gasteiger partial charge is 0.348 e. The smallest absolute Gasteiger partial charge is 0.312 e. The molecule has 0 aromatic heterocycles. The van der Waals surface area contributed by atoms with Crippen LogP contribution >= 0.6 is 7.80 Å². The van der Waals surface area contributed by atoms with E-state index in [0.29, 0.717) is 0 Å². The molecule has 182 valence electrons. The molecule has 0 radical (unpaired) electrons. The van der Waals surface area contributed by atoms with Crippen molar-refractivity contribution in [2.24, 2.45) is 0 Å². The zero-order chi connectivity index (χ0) is 23.3. The summed E-state index contributed by atoms with van der Waals surface area (Å²) >= 11 is 0. The number of nitrogens with zero attached hydrogens (tertiary/aromatic N) is 1. The Morgan fingerprint density at radius 3 is 1.45 bits per heavy atom. The van der Waals surface area contributed by atoms with E-state index in [4.69, 9.17) is 0 Å². The Morgan fingerprint density at radius 1 is 0.774 bits per heavy atom. The summed E-state index contributed by atoms with van der Waals surface area (Å²) in [7, 11) is -1.39. The van der Waals surface area contributed by atoms with Gasteiger partial charge in [0.05, 0.1) is 11.1 Å². The molecule has 2 atom stereocenters. The lowest BCUT2D eigenvalue weighted by molar-refractivity contribution is -0.186. The van der Waals surface area contributed by atoms with Crippen LogP contribution in [0.4, 0.5) is 0 Å². The van der Waals surface area contributed by atoms with Gasteiger partial charge in [-0.15, -0.1) is 0 Å². The second-order valence-corrected chi connectivity index (χ2v) is 12.7. The number of hydrogen-bond donors (Lipinski definition) is 1. The Balaban J connectivity index is 2.00. The number of unbranched alkanes of at least 4 members (excludes halogenated alkanes) is 15. The third-order valence-electron chi connectivity index (χ3n) is 7.38. The molecule has 4 heteroatoms. The molecule has 0 bridgehead atoms. The van der Waals surface area contributed by atoms with E-state index < -0.39 is 18.9 Å². The summed E-state index contributed by atoms with van der Waals surface area (Å²) < 4.78 is 13.0. The molecule has 2 unspecified atom stereocenters. The van der Waals surface area contributed by atoms with E-state index in [1.807, 2.05) is 27.7 Å². The van der Waals surface area contributed by atoms with Gasteiger partial charge in [-0.2, -0.15) is 5.06 Å². The lowest BCUT2D eigenvalue weighted by Gasteiger charge is -2.33. The standard InChI is InChI=1S/C27H53NO2P/c1-7-8-9-10-11-12-13-14-15-16-17-18-19-20-21-22-23-31(30)25-24(2)26(3,4)28(29)27(25,5)6/h25,29H,2,7-23H2,1,3-6H3/q+1. The van der Waals surface area contributed by atoms with Gasteiger partial charge in [-0.3, -0.25) is 0 Å². The van der Waals surface area contributed by atoms with Crippen molar-refractivity contribution in [1.29, 1.82) is 0 Å². The van der Waals surface area contributed by atoms with Gasteiger partial charge in [-0.1, -0.05) is 108 Å². The van der Waals surface area contributed by atoms with E-state index >= 15 is 0 Å². The summed E-state index contributed by atoms with van der Waals surface area (Å²) in [5.41, 5.74) is -0.229. The van der Waals surface area contributed by atoms with E-state index in [0.717, 1.165) is 18.2 Å². The molecule has 31 heavy (non-hydrogen) atoms. The number of hydrogen-bond acceptors (Lipinski definition) is 3. The van der Waals surface area contributed by atoms with Gasteiger partial charge in [-0.25, -0.2) is 0 Å². The van der Waals surface area contributed by atoms with Crippen molar-refractivity contribution >= 4 is 7.80 Å². The van der Waals surface area contributed by atoms with Crippen LogP contribution in [0.2, 0.25) is 0 Å². The van der Waals surface area contributed by atoms with Crippen LogP contribution < -0.4 is 0 Å². The first kappa shape index (κ1) is 28.8. The van der Waals surface area contributed by atoms with Gasteiger partial charge in [-0.05, 0) is 46.1 Å². The first-order chi connectivity index (χ1) is 14.7. The van der Waals surface area contributed by atoms with Crippen molar-refractivity contribution in [3.8, 4) is 0 Å². The molecule has 1 aliphatic rings. The van der Waals surface area contributed by atoms with Crippen LogP contribution in [0.3, 0.4) is 0 Å². The highest BCUT2D eigenvalue weighted by Crippen LogP contribution is 2.53. The van der Waals surface area contributed by atoms with E-state index in [9.17, 15) is 9.77 Å². The highest BCUT2D eigenvalue weighted by atomic mass is 31.1. The lowest BCUT2D eigenvalue weighted by Crippen LogP contribution is -2.48. The molecule has 1 saturated heterocycles. The molecule has 1 rings (SSSR count). The Kier molecular flexibility index (Phi) is 13.8. The van der Waals surface area contributed by atoms with E-state index in [2.05, 4.69) is 13.5 Å². The SMILES string of the molecule is C=C1C([P+](=O)CCCCCCCCCCCCCCCCCC)C(C)(C)N(O)C1(C)C. The number of hydroxylamine groups is 2. The van der Waals surface area contributed by atoms with Crippen LogP contribution in [0.25, 0.3) is 0 Å². The Bertz CT molecular complexity index is 529. The molecule has 3 nitrogen and oxygen atoms in total. The quantitative estimate of drug-likeness (QED) is 0.127. The summed E-state index contributed by atoms with van der Waals surface area (Å²) in [4.78, 5) is 0. The maximum absolute atomic E-state index is 13.0. The zero-order valence-electron chi connectivity index (χ0n) is 21.6. The van der Waals surface area contributed by atoms with E-state index in [-0.39, 0.29) is 5.66 Å². The molecule has 0 spiro atoms. The minimum absolute atomic E-state index is 0.126. The van der Waals surface area contributed by atoms with Crippen molar-refractivity contribution < 1.29 is 9.77 Å². The molecule has 1 heterocycles. The average molecular weight is 455 g/mol. The molecule has 1 aliphatic heterocycles. The minimum Gasteiger partial charge on any atom is -0.312 e. The molecule has 0 saturated carbocycles. The highest BCUT2D eigenvalue weighted by Gasteiger charge is 2.61. The summed E-state index contributed by atoms with van der Waals surface area (Å²) in [6, 6.07) is 0. The van der Waals surface area contributed by atoms with Gasteiger partial charge in [0, 0.05) is 0 Å². The second-order valence-electron chi connectivity index (χ2n) is 10.9. The fraction of sp³-hybridized carbons (Fsp3) is 0.926. The van der Waals surface area contributed by atoms with Crippen LogP contribution in [0, 0.1) is 0 Å². The predicted octanol–water partition coefficient (Wildman–Crippen LogP) is 9.26. The summed E-state index contributed by atoms with van der Waals surface area (Å²) in [5, 5.41) is 11.9. The third kappa shape index (κ3) is 9.26. The minimum atomic E-state index is -1.39. The first-order valence-corrected chi connectivity index (χ1v) is 14.8. The molecule has 0 aromatic rings. The van der Waals surface area contributed by atoms with Crippen molar-refractivity contribution in [3.05, 3.63) is 12.2 Å². The molecule has 1 fully saturated rings. The van der Waals surface area contributed by atoms with E-state index in [1.54, 1.807) is 0 Å². The Labute approximate surface area is 195 Å². The Hall–Kier alpha value is -0.240. The average Bonchev–Trinajstić information content (AvgIpc) is 2.84. The highest BCUT2D eigenvalue weighted by molar-refractivity contribution is 7.46. The maximum Gasteiger partial charge on any atom is 0.348 e. The molecule has 0 aliphatic carbocycles. The van der Waals surface area contributed by atoms with Gasteiger partial charge >= 0.3 is 7.80 Å². The van der Waals surface area contributed by atoms with Crippen molar-refractivity contribution in [1.82, 2.24) is 5.06 Å². The van der Waals surface area contributed by atoms with Crippen molar-refractivity contribution in [2.45, 2.75) is 154 Å². The summed E-state index contributed by atoms with van der Waals surface area (Å²) in [6.45, 7) is 14.4. The summed E-state index contributed by atoms with van der Waals surface area (Å²) in [5.74, 6) is 0. The molecular formula is C27H53NO2P+. The third-order valence-corrected chi connectivity index (χ3v) is 9.66. The van der Waals surface area contributed by atoms with Gasteiger partial charge in [0.15, 0.2) is 5.66 Å². The summed E-state index contributed by atoms with van der Waals surface area (Å²) in [6.07, 6.45) is 22.4. The van der Waals surface area contributed by atoms with Crippen molar-refractivity contribution in [2.75, 3.05) is 6.16 Å². The van der Waals surface area contributed by atoms with Crippen LogP contribution in [-0.4, -0.2) is 33.2 Å². The van der Waals surface area contributed by atoms with Crippen LogP contribution in [-0.2, 0) is 4.57 Å². The predicted molar refractivity (Wildman–Crippen MR) is 137 cm³/mol.